The normalized spacial score (nSPS) is 13.1. The van der Waals surface area contributed by atoms with Crippen molar-refractivity contribution in [1.29, 1.82) is 0 Å². The SMILES string of the molecule is Cc1cc(C)c(-c2cccc(-c3c(C)cc(C)cc3C)c2C2=CCC=C2)c(C)c1. The summed E-state index contributed by atoms with van der Waals surface area (Å²) in [6.07, 6.45) is 7.93. The molecule has 3 aromatic carbocycles. The maximum absolute atomic E-state index is 2.36. The van der Waals surface area contributed by atoms with Crippen LogP contribution in [0.15, 0.2) is 60.7 Å². The van der Waals surface area contributed by atoms with Crippen molar-refractivity contribution in [2.45, 2.75) is 48.0 Å². The molecule has 0 heteroatoms. The number of rotatable bonds is 3. The Morgan fingerprint density at radius 3 is 1.41 bits per heavy atom. The molecule has 0 saturated heterocycles. The van der Waals surface area contributed by atoms with Crippen molar-refractivity contribution in [2.24, 2.45) is 0 Å². The molecule has 0 nitrogen and oxygen atoms in total. The molecule has 0 saturated carbocycles. The van der Waals surface area contributed by atoms with Crippen molar-refractivity contribution in [1.82, 2.24) is 0 Å². The van der Waals surface area contributed by atoms with Gasteiger partial charge in [0.1, 0.15) is 0 Å². The first-order chi connectivity index (χ1) is 13.9. The van der Waals surface area contributed by atoms with Crippen molar-refractivity contribution >= 4 is 5.57 Å². The van der Waals surface area contributed by atoms with Gasteiger partial charge in [-0.15, -0.1) is 0 Å². The van der Waals surface area contributed by atoms with Crippen LogP contribution in [0, 0.1) is 41.5 Å². The van der Waals surface area contributed by atoms with Gasteiger partial charge in [0, 0.05) is 0 Å². The van der Waals surface area contributed by atoms with E-state index in [0.29, 0.717) is 0 Å². The number of benzene rings is 3. The summed E-state index contributed by atoms with van der Waals surface area (Å²) in [4.78, 5) is 0. The van der Waals surface area contributed by atoms with Gasteiger partial charge in [0.25, 0.3) is 0 Å². The number of hydrogen-bond donors (Lipinski definition) is 0. The largest absolute Gasteiger partial charge is 0.0801 e. The Hall–Kier alpha value is -2.86. The highest BCUT2D eigenvalue weighted by Crippen LogP contribution is 2.43. The summed E-state index contributed by atoms with van der Waals surface area (Å²) in [6, 6.07) is 16.1. The predicted octanol–water partition coefficient (Wildman–Crippen LogP) is 8.21. The lowest BCUT2D eigenvalue weighted by atomic mass is 9.82. The zero-order chi connectivity index (χ0) is 20.7. The van der Waals surface area contributed by atoms with Gasteiger partial charge in [-0.05, 0) is 104 Å². The van der Waals surface area contributed by atoms with Gasteiger partial charge < -0.3 is 0 Å². The second-order valence-corrected chi connectivity index (χ2v) is 8.57. The summed E-state index contributed by atoms with van der Waals surface area (Å²) in [6.45, 7) is 13.3. The van der Waals surface area contributed by atoms with Gasteiger partial charge in [0.2, 0.25) is 0 Å². The fourth-order valence-electron chi connectivity index (χ4n) is 5.13. The highest BCUT2D eigenvalue weighted by molar-refractivity contribution is 5.97. The third kappa shape index (κ3) is 3.49. The molecule has 4 rings (SSSR count). The summed E-state index contributed by atoms with van der Waals surface area (Å²) in [5.74, 6) is 0. The summed E-state index contributed by atoms with van der Waals surface area (Å²) in [5.41, 5.74) is 16.2. The van der Waals surface area contributed by atoms with Crippen LogP contribution in [-0.2, 0) is 0 Å². The molecular formula is C29H30. The Morgan fingerprint density at radius 2 is 1.03 bits per heavy atom. The minimum atomic E-state index is 1.01. The molecule has 29 heavy (non-hydrogen) atoms. The lowest BCUT2D eigenvalue weighted by Gasteiger charge is -2.21. The second kappa shape index (κ2) is 7.52. The van der Waals surface area contributed by atoms with Crippen LogP contribution in [0.5, 0.6) is 0 Å². The lowest BCUT2D eigenvalue weighted by Crippen LogP contribution is -1.99. The van der Waals surface area contributed by atoms with Crippen LogP contribution in [-0.4, -0.2) is 0 Å². The molecular weight excluding hydrogens is 348 g/mol. The third-order valence-electron chi connectivity index (χ3n) is 6.02. The molecule has 0 bridgehead atoms. The third-order valence-corrected chi connectivity index (χ3v) is 6.02. The van der Waals surface area contributed by atoms with Gasteiger partial charge in [0.05, 0.1) is 0 Å². The average molecular weight is 379 g/mol. The molecule has 0 fully saturated rings. The van der Waals surface area contributed by atoms with Gasteiger partial charge in [-0.25, -0.2) is 0 Å². The molecule has 0 spiro atoms. The second-order valence-electron chi connectivity index (χ2n) is 8.57. The summed E-state index contributed by atoms with van der Waals surface area (Å²) in [5, 5.41) is 0. The summed E-state index contributed by atoms with van der Waals surface area (Å²) in [7, 11) is 0. The molecule has 0 amide bonds. The Balaban J connectivity index is 2.09. The van der Waals surface area contributed by atoms with E-state index in [0.717, 1.165) is 6.42 Å². The Kier molecular flexibility index (Phi) is 5.04. The minimum Gasteiger partial charge on any atom is -0.0801 e. The fraction of sp³-hybridized carbons (Fsp3) is 0.241. The Bertz CT molecular complexity index is 1050. The first-order valence-corrected chi connectivity index (χ1v) is 10.5. The van der Waals surface area contributed by atoms with E-state index in [4.69, 9.17) is 0 Å². The zero-order valence-electron chi connectivity index (χ0n) is 18.5. The van der Waals surface area contributed by atoms with Crippen molar-refractivity contribution in [3.8, 4) is 22.3 Å². The summed E-state index contributed by atoms with van der Waals surface area (Å²) >= 11 is 0. The monoisotopic (exact) mass is 378 g/mol. The van der Waals surface area contributed by atoms with E-state index in [1.807, 2.05) is 0 Å². The van der Waals surface area contributed by atoms with E-state index < -0.39 is 0 Å². The molecule has 0 atom stereocenters. The fourth-order valence-corrected chi connectivity index (χ4v) is 5.13. The zero-order valence-corrected chi connectivity index (χ0v) is 18.5. The van der Waals surface area contributed by atoms with Crippen LogP contribution in [0.1, 0.15) is 45.4 Å². The Morgan fingerprint density at radius 1 is 0.586 bits per heavy atom. The molecule has 0 unspecified atom stereocenters. The summed E-state index contributed by atoms with van der Waals surface area (Å²) < 4.78 is 0. The van der Waals surface area contributed by atoms with E-state index in [1.165, 1.54) is 66.8 Å². The van der Waals surface area contributed by atoms with Crippen LogP contribution < -0.4 is 0 Å². The van der Waals surface area contributed by atoms with E-state index in [1.54, 1.807) is 0 Å². The van der Waals surface area contributed by atoms with Crippen LogP contribution in [0.4, 0.5) is 0 Å². The molecule has 0 aliphatic heterocycles. The van der Waals surface area contributed by atoms with Crippen molar-refractivity contribution in [3.63, 3.8) is 0 Å². The first-order valence-electron chi connectivity index (χ1n) is 10.5. The predicted molar refractivity (Wildman–Crippen MR) is 127 cm³/mol. The van der Waals surface area contributed by atoms with Crippen molar-refractivity contribution < 1.29 is 0 Å². The molecule has 0 radical (unpaired) electrons. The van der Waals surface area contributed by atoms with Gasteiger partial charge in [-0.3, -0.25) is 0 Å². The van der Waals surface area contributed by atoms with Crippen LogP contribution in [0.2, 0.25) is 0 Å². The maximum atomic E-state index is 2.36. The van der Waals surface area contributed by atoms with E-state index in [9.17, 15) is 0 Å². The van der Waals surface area contributed by atoms with E-state index in [-0.39, 0.29) is 0 Å². The molecule has 1 aliphatic carbocycles. The quantitative estimate of drug-likeness (QED) is 0.431. The highest BCUT2D eigenvalue weighted by Gasteiger charge is 2.20. The lowest BCUT2D eigenvalue weighted by molar-refractivity contribution is 1.30. The van der Waals surface area contributed by atoms with Crippen LogP contribution in [0.3, 0.4) is 0 Å². The van der Waals surface area contributed by atoms with Crippen molar-refractivity contribution in [2.75, 3.05) is 0 Å². The van der Waals surface area contributed by atoms with E-state index >= 15 is 0 Å². The number of hydrogen-bond acceptors (Lipinski definition) is 0. The van der Waals surface area contributed by atoms with Crippen LogP contribution >= 0.6 is 0 Å². The van der Waals surface area contributed by atoms with E-state index in [2.05, 4.69) is 102 Å². The maximum Gasteiger partial charge on any atom is -0.00296 e. The molecule has 0 heterocycles. The molecule has 1 aliphatic rings. The standard InChI is InChI=1S/C29H30/c1-18-14-20(3)27(21(4)15-18)25-12-9-13-26(29(25)24-10-7-8-11-24)28-22(5)16-19(2)17-23(28)6/h7,9-17H,8H2,1-6H3. The average Bonchev–Trinajstić information content (AvgIpc) is 3.14. The smallest absolute Gasteiger partial charge is 0.00296 e. The molecule has 3 aromatic rings. The van der Waals surface area contributed by atoms with Crippen molar-refractivity contribution in [3.05, 3.63) is 99.6 Å². The minimum absolute atomic E-state index is 1.01. The highest BCUT2D eigenvalue weighted by atomic mass is 14.2. The van der Waals surface area contributed by atoms with Gasteiger partial charge in [-0.1, -0.05) is 71.8 Å². The van der Waals surface area contributed by atoms with Gasteiger partial charge in [0.15, 0.2) is 0 Å². The van der Waals surface area contributed by atoms with Gasteiger partial charge in [-0.2, -0.15) is 0 Å². The molecule has 0 aromatic heterocycles. The molecule has 146 valence electrons. The number of allylic oxidation sites excluding steroid dienone is 4. The Labute approximate surface area is 175 Å². The van der Waals surface area contributed by atoms with Gasteiger partial charge >= 0.3 is 0 Å². The molecule has 0 N–H and O–H groups in total. The number of aryl methyl sites for hydroxylation is 6. The van der Waals surface area contributed by atoms with Crippen LogP contribution in [0.25, 0.3) is 27.8 Å². The topological polar surface area (TPSA) is 0 Å². The first kappa shape index (κ1) is 19.5.